The molecule has 0 aliphatic heterocycles. The predicted octanol–water partition coefficient (Wildman–Crippen LogP) is 1.99. The highest BCUT2D eigenvalue weighted by Gasteiger charge is 2.28. The first-order chi connectivity index (χ1) is 19.4. The van der Waals surface area contributed by atoms with Crippen molar-refractivity contribution in [2.45, 2.75) is 32.2 Å². The summed E-state index contributed by atoms with van der Waals surface area (Å²) in [4.78, 5) is 64.9. The van der Waals surface area contributed by atoms with Crippen LogP contribution in [-0.4, -0.2) is 67.4 Å². The molecular formula is C24H24N4O10S3. The largest absolute Gasteiger partial charge is 0.468 e. The molecule has 17 heteroatoms. The van der Waals surface area contributed by atoms with E-state index in [0.29, 0.717) is 16.6 Å². The number of nitro benzene ring substituents is 1. The maximum absolute atomic E-state index is 12.7. The van der Waals surface area contributed by atoms with Crippen molar-refractivity contribution in [1.82, 2.24) is 4.57 Å². The quantitative estimate of drug-likeness (QED) is 0.209. The van der Waals surface area contributed by atoms with Crippen LogP contribution in [0.4, 0.5) is 10.7 Å². The number of nitrogens with zero attached hydrogens (tertiary/aromatic N) is 3. The third kappa shape index (κ3) is 6.86. The molecule has 0 saturated heterocycles. The molecule has 4 rings (SSSR count). The van der Waals surface area contributed by atoms with Gasteiger partial charge in [0.05, 0.1) is 34.9 Å². The number of non-ortho nitro benzene ring substituents is 1. The van der Waals surface area contributed by atoms with E-state index in [1.165, 1.54) is 41.2 Å². The van der Waals surface area contributed by atoms with Crippen LogP contribution in [0, 0.1) is 10.1 Å². The molecule has 0 atom stereocenters. The number of esters is 2. The second-order valence-electron chi connectivity index (χ2n) is 8.95. The molecule has 1 aromatic carbocycles. The predicted molar refractivity (Wildman–Crippen MR) is 149 cm³/mol. The van der Waals surface area contributed by atoms with Gasteiger partial charge in [0.2, 0.25) is 5.91 Å². The van der Waals surface area contributed by atoms with Crippen LogP contribution in [0.25, 0.3) is 10.2 Å². The van der Waals surface area contributed by atoms with Crippen molar-refractivity contribution >= 4 is 77.2 Å². The van der Waals surface area contributed by atoms with Gasteiger partial charge in [0.1, 0.15) is 23.1 Å². The molecule has 3 aromatic rings. The number of sulfone groups is 1. The van der Waals surface area contributed by atoms with Crippen molar-refractivity contribution < 1.29 is 42.0 Å². The molecule has 0 radical (unpaired) electrons. The lowest BCUT2D eigenvalue weighted by molar-refractivity contribution is -0.384. The van der Waals surface area contributed by atoms with Gasteiger partial charge in [0.15, 0.2) is 14.6 Å². The minimum atomic E-state index is -4.30. The summed E-state index contributed by atoms with van der Waals surface area (Å²) in [5.41, 5.74) is 1.12. The number of amides is 2. The highest BCUT2D eigenvalue weighted by Crippen LogP contribution is 2.38. The van der Waals surface area contributed by atoms with Crippen molar-refractivity contribution in [3.63, 3.8) is 0 Å². The van der Waals surface area contributed by atoms with E-state index in [1.54, 1.807) is 0 Å². The summed E-state index contributed by atoms with van der Waals surface area (Å²) in [6.45, 7) is -0.386. The normalized spacial score (nSPS) is 13.5. The van der Waals surface area contributed by atoms with Crippen LogP contribution in [-0.2, 0) is 53.1 Å². The Labute approximate surface area is 240 Å². The number of anilines is 1. The first kappa shape index (κ1) is 30.0. The summed E-state index contributed by atoms with van der Waals surface area (Å²) in [6.07, 6.45) is 3.17. The molecule has 1 aliphatic carbocycles. The Hall–Kier alpha value is -3.96. The number of hydrogen-bond acceptors (Lipinski definition) is 12. The molecule has 1 N–H and O–H groups in total. The third-order valence-electron chi connectivity index (χ3n) is 6.12. The molecule has 41 heavy (non-hydrogen) atoms. The second kappa shape index (κ2) is 12.3. The summed E-state index contributed by atoms with van der Waals surface area (Å²) in [6, 6.07) is 3.83. The van der Waals surface area contributed by atoms with Gasteiger partial charge < -0.3 is 19.4 Å². The number of rotatable bonds is 9. The number of nitrogens with one attached hydrogen (secondary N) is 1. The van der Waals surface area contributed by atoms with Gasteiger partial charge in [-0.25, -0.2) is 13.2 Å². The molecule has 2 amide bonds. The number of benzene rings is 1. The maximum Gasteiger partial charge on any atom is 0.341 e. The minimum absolute atomic E-state index is 0.0811. The highest BCUT2D eigenvalue weighted by atomic mass is 32.2. The third-order valence-corrected chi connectivity index (χ3v) is 9.76. The lowest BCUT2D eigenvalue weighted by Gasteiger charge is -2.11. The molecule has 2 aromatic heterocycles. The Bertz CT molecular complexity index is 1750. The van der Waals surface area contributed by atoms with Crippen LogP contribution in [0.1, 0.15) is 33.6 Å². The van der Waals surface area contributed by atoms with E-state index in [2.05, 4.69) is 15.0 Å². The fourth-order valence-electron chi connectivity index (χ4n) is 4.32. The van der Waals surface area contributed by atoms with Crippen molar-refractivity contribution in [2.75, 3.05) is 31.0 Å². The number of carbonyl (C=O) groups is 4. The average molecular weight is 625 g/mol. The van der Waals surface area contributed by atoms with Gasteiger partial charge in [0, 0.05) is 17.0 Å². The summed E-state index contributed by atoms with van der Waals surface area (Å²) in [5, 5.41) is 13.8. The zero-order chi connectivity index (χ0) is 29.9. The summed E-state index contributed by atoms with van der Waals surface area (Å²) in [5.74, 6) is -5.53. The van der Waals surface area contributed by atoms with E-state index < -0.39 is 50.0 Å². The number of nitro groups is 1. The number of thiophene rings is 1. The number of ether oxygens (including phenoxy) is 2. The van der Waals surface area contributed by atoms with E-state index in [0.717, 1.165) is 48.1 Å². The molecule has 0 bridgehead atoms. The van der Waals surface area contributed by atoms with Crippen LogP contribution < -0.4 is 10.1 Å². The Balaban J connectivity index is 1.55. The smallest absolute Gasteiger partial charge is 0.341 e. The first-order valence-corrected chi connectivity index (χ1v) is 15.5. The number of thiazole rings is 1. The van der Waals surface area contributed by atoms with Gasteiger partial charge in [-0.05, 0) is 37.3 Å². The van der Waals surface area contributed by atoms with Crippen LogP contribution in [0.3, 0.4) is 0 Å². The van der Waals surface area contributed by atoms with Crippen LogP contribution in [0.15, 0.2) is 23.2 Å². The van der Waals surface area contributed by atoms with Gasteiger partial charge in [0.25, 0.3) is 11.6 Å². The van der Waals surface area contributed by atoms with E-state index in [9.17, 15) is 37.7 Å². The Morgan fingerprint density at radius 1 is 1.10 bits per heavy atom. The molecule has 218 valence electrons. The van der Waals surface area contributed by atoms with Crippen molar-refractivity contribution in [3.8, 4) is 0 Å². The SMILES string of the molecule is COC(=O)Cn1c(=NC(=O)CS(=O)(=O)CC(=O)Nc2sc3c(c2C(=O)OC)CCCC3)sc2cc([N+](=O)[O-])ccc21. The number of carbonyl (C=O) groups excluding carboxylic acids is 4. The van der Waals surface area contributed by atoms with Gasteiger partial charge >= 0.3 is 11.9 Å². The average Bonchev–Trinajstić information content (AvgIpc) is 3.43. The summed E-state index contributed by atoms with van der Waals surface area (Å²) >= 11 is 2.04. The van der Waals surface area contributed by atoms with E-state index in [1.807, 2.05) is 0 Å². The molecule has 14 nitrogen and oxygen atoms in total. The monoisotopic (exact) mass is 624 g/mol. The van der Waals surface area contributed by atoms with Gasteiger partial charge in [-0.3, -0.25) is 24.5 Å². The van der Waals surface area contributed by atoms with Crippen LogP contribution >= 0.6 is 22.7 Å². The number of aryl methyl sites for hydroxylation is 1. The molecule has 0 saturated carbocycles. The van der Waals surface area contributed by atoms with Crippen LogP contribution in [0.5, 0.6) is 0 Å². The van der Waals surface area contributed by atoms with E-state index >= 15 is 0 Å². The van der Waals surface area contributed by atoms with E-state index in [-0.39, 0.29) is 27.6 Å². The number of fused-ring (bicyclic) bond motifs is 2. The fraction of sp³-hybridized carbons (Fsp3) is 0.375. The number of methoxy groups -OCH3 is 2. The maximum atomic E-state index is 12.7. The van der Waals surface area contributed by atoms with Gasteiger partial charge in [-0.15, -0.1) is 11.3 Å². The Kier molecular flexibility index (Phi) is 8.98. The molecule has 0 unspecified atom stereocenters. The fourth-order valence-corrected chi connectivity index (χ4v) is 7.71. The second-order valence-corrected chi connectivity index (χ2v) is 13.1. The lowest BCUT2D eigenvalue weighted by Crippen LogP contribution is -2.29. The molecule has 0 fully saturated rings. The van der Waals surface area contributed by atoms with Crippen LogP contribution in [0.2, 0.25) is 0 Å². The first-order valence-electron chi connectivity index (χ1n) is 12.1. The van der Waals surface area contributed by atoms with Gasteiger partial charge in [-0.1, -0.05) is 11.3 Å². The van der Waals surface area contributed by atoms with Crippen molar-refractivity contribution in [1.29, 1.82) is 0 Å². The standard InChI is InChI=1S/C24H24N4O10S3/c1-37-20(31)10-27-15-8-7-13(28(33)34)9-17(15)40-24(27)26-19(30)12-41(35,36)11-18(29)25-22-21(23(32)38-2)14-5-3-4-6-16(14)39-22/h7-9H,3-6,10-12H2,1-2H3,(H,25,29). The summed E-state index contributed by atoms with van der Waals surface area (Å²) in [7, 11) is -1.93. The topological polar surface area (TPSA) is 193 Å². The number of aromatic nitrogens is 1. The van der Waals surface area contributed by atoms with E-state index in [4.69, 9.17) is 4.74 Å². The van der Waals surface area contributed by atoms with Gasteiger partial charge in [-0.2, -0.15) is 4.99 Å². The highest BCUT2D eigenvalue weighted by molar-refractivity contribution is 7.92. The van der Waals surface area contributed by atoms with Crippen molar-refractivity contribution in [2.24, 2.45) is 4.99 Å². The molecule has 1 aliphatic rings. The zero-order valence-electron chi connectivity index (χ0n) is 21.8. The minimum Gasteiger partial charge on any atom is -0.468 e. The van der Waals surface area contributed by atoms with Crippen molar-refractivity contribution in [3.05, 3.63) is 49.1 Å². The lowest BCUT2D eigenvalue weighted by atomic mass is 9.95. The Morgan fingerprint density at radius 2 is 1.83 bits per heavy atom. The molecule has 0 spiro atoms. The summed E-state index contributed by atoms with van der Waals surface area (Å²) < 4.78 is 36.6. The number of hydrogen-bond donors (Lipinski definition) is 1. The zero-order valence-corrected chi connectivity index (χ0v) is 24.3. The molecular weight excluding hydrogens is 600 g/mol. The Morgan fingerprint density at radius 3 is 2.51 bits per heavy atom. The molecule has 2 heterocycles.